The van der Waals surface area contributed by atoms with Crippen molar-refractivity contribution >= 4 is 39.9 Å². The number of aromatic nitrogens is 3. The van der Waals surface area contributed by atoms with Crippen LogP contribution in [0, 0.1) is 24.0 Å². The molecule has 0 atom stereocenters. The molecule has 29 heavy (non-hydrogen) atoms. The second-order valence-corrected chi connectivity index (χ2v) is 7.56. The lowest BCUT2D eigenvalue weighted by molar-refractivity contribution is -0.387. The summed E-state index contributed by atoms with van der Waals surface area (Å²) in [6.45, 7) is 3.91. The zero-order chi connectivity index (χ0) is 20.4. The van der Waals surface area contributed by atoms with Crippen LogP contribution in [-0.4, -0.2) is 19.9 Å². The molecule has 0 bridgehead atoms. The second-order valence-electron chi connectivity index (χ2n) is 6.50. The molecule has 0 fully saturated rings. The highest BCUT2D eigenvalue weighted by Crippen LogP contribution is 2.38. The maximum Gasteiger partial charge on any atom is 0.343 e. The molecule has 0 saturated carbocycles. The van der Waals surface area contributed by atoms with Gasteiger partial charge in [0, 0.05) is 21.7 Å². The summed E-state index contributed by atoms with van der Waals surface area (Å²) in [5.41, 5.74) is 3.37. The first-order valence-corrected chi connectivity index (χ1v) is 9.70. The number of nitrogens with zero attached hydrogens (tertiary/aromatic N) is 4. The van der Waals surface area contributed by atoms with Gasteiger partial charge < -0.3 is 5.32 Å². The molecule has 0 unspecified atom stereocenters. The van der Waals surface area contributed by atoms with Crippen LogP contribution in [0.4, 0.5) is 17.2 Å². The Labute approximate surface area is 171 Å². The number of fused-ring (bicyclic) bond motifs is 1. The van der Waals surface area contributed by atoms with E-state index in [1.807, 2.05) is 68.4 Å². The van der Waals surface area contributed by atoms with Gasteiger partial charge in [0.2, 0.25) is 5.82 Å². The van der Waals surface area contributed by atoms with Gasteiger partial charge in [0.25, 0.3) is 0 Å². The van der Waals surface area contributed by atoms with Crippen molar-refractivity contribution in [2.75, 3.05) is 5.32 Å². The van der Waals surface area contributed by atoms with E-state index in [0.29, 0.717) is 5.69 Å². The predicted octanol–water partition coefficient (Wildman–Crippen LogP) is 5.44. The molecule has 2 aromatic carbocycles. The van der Waals surface area contributed by atoms with Crippen LogP contribution in [0.1, 0.15) is 11.3 Å². The molecule has 0 aliphatic rings. The summed E-state index contributed by atoms with van der Waals surface area (Å²) in [6.07, 6.45) is 1.33. The fraction of sp³-hybridized carbons (Fsp3) is 0.0952. The molecule has 0 spiro atoms. The smallest absolute Gasteiger partial charge is 0.334 e. The Bertz CT molecular complexity index is 1210. The van der Waals surface area contributed by atoms with Crippen LogP contribution in [0.5, 0.6) is 0 Å². The van der Waals surface area contributed by atoms with E-state index in [4.69, 9.17) is 0 Å². The number of anilines is 2. The highest BCUT2D eigenvalue weighted by molar-refractivity contribution is 7.99. The third-order valence-electron chi connectivity index (χ3n) is 4.33. The Morgan fingerprint density at radius 2 is 1.79 bits per heavy atom. The third-order valence-corrected chi connectivity index (χ3v) is 5.33. The molecule has 8 heteroatoms. The van der Waals surface area contributed by atoms with Crippen molar-refractivity contribution in [3.63, 3.8) is 0 Å². The van der Waals surface area contributed by atoms with Gasteiger partial charge in [0.1, 0.15) is 6.33 Å². The number of pyridine rings is 1. The molecule has 2 heterocycles. The van der Waals surface area contributed by atoms with Crippen LogP contribution in [0.2, 0.25) is 0 Å². The van der Waals surface area contributed by atoms with Gasteiger partial charge in [0.15, 0.2) is 5.03 Å². The Hall–Kier alpha value is -3.52. The van der Waals surface area contributed by atoms with E-state index >= 15 is 0 Å². The zero-order valence-corrected chi connectivity index (χ0v) is 16.6. The van der Waals surface area contributed by atoms with Crippen LogP contribution < -0.4 is 5.32 Å². The normalized spacial score (nSPS) is 10.8. The third kappa shape index (κ3) is 4.02. The minimum atomic E-state index is -0.452. The minimum absolute atomic E-state index is 0.146. The largest absolute Gasteiger partial charge is 0.343 e. The van der Waals surface area contributed by atoms with Crippen molar-refractivity contribution in [1.29, 1.82) is 0 Å². The van der Waals surface area contributed by atoms with Gasteiger partial charge >= 0.3 is 5.69 Å². The molecule has 4 rings (SSSR count). The van der Waals surface area contributed by atoms with Crippen molar-refractivity contribution in [2.24, 2.45) is 0 Å². The molecular weight excluding hydrogens is 386 g/mol. The lowest BCUT2D eigenvalue weighted by atomic mass is 10.1. The van der Waals surface area contributed by atoms with Gasteiger partial charge in [-0.05, 0) is 50.2 Å². The van der Waals surface area contributed by atoms with Crippen molar-refractivity contribution < 1.29 is 4.92 Å². The molecule has 0 aliphatic carbocycles. The molecule has 7 nitrogen and oxygen atoms in total. The molecule has 0 saturated heterocycles. The minimum Gasteiger partial charge on any atom is -0.334 e. The predicted molar refractivity (Wildman–Crippen MR) is 114 cm³/mol. The van der Waals surface area contributed by atoms with Crippen LogP contribution in [0.25, 0.3) is 10.9 Å². The molecule has 0 amide bonds. The van der Waals surface area contributed by atoms with E-state index in [1.165, 1.54) is 18.1 Å². The van der Waals surface area contributed by atoms with Crippen LogP contribution in [-0.2, 0) is 0 Å². The summed E-state index contributed by atoms with van der Waals surface area (Å²) in [6, 6.07) is 17.2. The van der Waals surface area contributed by atoms with Crippen molar-refractivity contribution in [3.8, 4) is 0 Å². The monoisotopic (exact) mass is 403 g/mol. The molecule has 144 valence electrons. The number of benzene rings is 2. The number of nitro groups is 1. The molecule has 2 aromatic heterocycles. The van der Waals surface area contributed by atoms with Crippen molar-refractivity contribution in [2.45, 2.75) is 23.8 Å². The Balaban J connectivity index is 1.75. The summed E-state index contributed by atoms with van der Waals surface area (Å²) in [7, 11) is 0. The lowest BCUT2D eigenvalue weighted by Crippen LogP contribution is -2.03. The first-order chi connectivity index (χ1) is 14.0. The molecule has 1 N–H and O–H groups in total. The Morgan fingerprint density at radius 1 is 1.00 bits per heavy atom. The SMILES string of the molecule is Cc1ccc(Sc2ncnc(Nc3cccc4nc(C)ccc34)c2[N+](=O)[O-])cc1. The van der Waals surface area contributed by atoms with Crippen LogP contribution >= 0.6 is 11.8 Å². The number of hydrogen-bond donors (Lipinski definition) is 1. The maximum atomic E-state index is 11.8. The number of aryl methyl sites for hydroxylation is 2. The summed E-state index contributed by atoms with van der Waals surface area (Å²) in [4.78, 5) is 25.1. The van der Waals surface area contributed by atoms with Crippen LogP contribution in [0.15, 0.2) is 70.8 Å². The van der Waals surface area contributed by atoms with E-state index in [9.17, 15) is 10.1 Å². The van der Waals surface area contributed by atoms with Gasteiger partial charge in [-0.3, -0.25) is 15.1 Å². The summed E-state index contributed by atoms with van der Waals surface area (Å²) in [5.74, 6) is 0.146. The standard InChI is InChI=1S/C21H17N5O2S/c1-13-6-9-15(10-7-13)29-21-19(26(27)28)20(22-12-23-21)25-18-5-3-4-17-16(18)11-8-14(2)24-17/h3-12H,1-2H3,(H,22,23,25). The first-order valence-electron chi connectivity index (χ1n) is 8.88. The van der Waals surface area contributed by atoms with E-state index < -0.39 is 4.92 Å². The highest BCUT2D eigenvalue weighted by atomic mass is 32.2. The van der Waals surface area contributed by atoms with Gasteiger partial charge in [-0.1, -0.05) is 35.5 Å². The quantitative estimate of drug-likeness (QED) is 0.269. The van der Waals surface area contributed by atoms with Gasteiger partial charge in [0.05, 0.1) is 10.4 Å². The fourth-order valence-electron chi connectivity index (χ4n) is 2.90. The maximum absolute atomic E-state index is 11.8. The van der Waals surface area contributed by atoms with E-state index in [0.717, 1.165) is 27.1 Å². The average Bonchev–Trinajstić information content (AvgIpc) is 2.69. The number of rotatable bonds is 5. The van der Waals surface area contributed by atoms with Crippen molar-refractivity contribution in [1.82, 2.24) is 15.0 Å². The van der Waals surface area contributed by atoms with Crippen LogP contribution in [0.3, 0.4) is 0 Å². The topological polar surface area (TPSA) is 93.8 Å². The zero-order valence-electron chi connectivity index (χ0n) is 15.8. The van der Waals surface area contributed by atoms with Gasteiger partial charge in [-0.2, -0.15) is 0 Å². The van der Waals surface area contributed by atoms with Crippen molar-refractivity contribution in [3.05, 3.63) is 82.3 Å². The van der Waals surface area contributed by atoms with E-state index in [2.05, 4.69) is 20.3 Å². The van der Waals surface area contributed by atoms with Gasteiger partial charge in [-0.15, -0.1) is 0 Å². The summed E-state index contributed by atoms with van der Waals surface area (Å²) >= 11 is 1.24. The Kier molecular flexibility index (Phi) is 5.09. The lowest BCUT2D eigenvalue weighted by Gasteiger charge is -2.11. The average molecular weight is 403 g/mol. The molecule has 0 aliphatic heterocycles. The highest BCUT2D eigenvalue weighted by Gasteiger charge is 2.24. The molecule has 4 aromatic rings. The van der Waals surface area contributed by atoms with Gasteiger partial charge in [-0.25, -0.2) is 9.97 Å². The molecule has 0 radical (unpaired) electrons. The van der Waals surface area contributed by atoms with E-state index in [1.54, 1.807) is 0 Å². The number of nitrogens with one attached hydrogen (secondary N) is 1. The number of hydrogen-bond acceptors (Lipinski definition) is 7. The second kappa shape index (κ2) is 7.84. The molecular formula is C21H17N5O2S. The van der Waals surface area contributed by atoms with E-state index in [-0.39, 0.29) is 16.5 Å². The fourth-order valence-corrected chi connectivity index (χ4v) is 3.77. The first kappa shape index (κ1) is 18.8. The summed E-state index contributed by atoms with van der Waals surface area (Å²) in [5, 5.41) is 16.1. The summed E-state index contributed by atoms with van der Waals surface area (Å²) < 4.78 is 0. The Morgan fingerprint density at radius 3 is 2.55 bits per heavy atom.